The van der Waals surface area contributed by atoms with E-state index < -0.39 is 0 Å². The predicted molar refractivity (Wildman–Crippen MR) is 146 cm³/mol. The first kappa shape index (κ1) is 22.0. The van der Waals surface area contributed by atoms with Gasteiger partial charge in [-0.15, -0.1) is 0 Å². The summed E-state index contributed by atoms with van der Waals surface area (Å²) < 4.78 is 6.54. The van der Waals surface area contributed by atoms with E-state index in [2.05, 4.69) is 123 Å². The van der Waals surface area contributed by atoms with E-state index in [1.165, 1.54) is 32.8 Å². The number of ether oxygens (including phenoxy) is 1. The lowest BCUT2D eigenvalue weighted by atomic mass is 9.95. The van der Waals surface area contributed by atoms with Gasteiger partial charge in [0.05, 0.1) is 0 Å². The normalized spacial score (nSPS) is 14.0. The number of hydrogen-bond acceptors (Lipinski definition) is 2. The first-order valence-electron chi connectivity index (χ1n) is 12.1. The molecule has 170 valence electrons. The van der Waals surface area contributed by atoms with Crippen LogP contribution in [0.3, 0.4) is 0 Å². The molecular formula is C32H31NO. The lowest BCUT2D eigenvalue weighted by molar-refractivity contribution is 0.152. The van der Waals surface area contributed by atoms with Crippen LogP contribution in [-0.2, 0) is 0 Å². The summed E-state index contributed by atoms with van der Waals surface area (Å²) in [6.45, 7) is 6.68. The van der Waals surface area contributed by atoms with Gasteiger partial charge in [-0.05, 0) is 47.7 Å². The topological polar surface area (TPSA) is 21.3 Å². The maximum atomic E-state index is 6.54. The average Bonchev–Trinajstić information content (AvgIpc) is 2.89. The average molecular weight is 446 g/mol. The van der Waals surface area contributed by atoms with Crippen LogP contribution in [0.5, 0.6) is 5.75 Å². The summed E-state index contributed by atoms with van der Waals surface area (Å²) in [5.74, 6) is 1.21. The van der Waals surface area contributed by atoms with Crippen molar-refractivity contribution in [2.45, 2.75) is 32.9 Å². The number of anilines is 1. The molecule has 5 aromatic rings. The number of nitrogens with one attached hydrogen (secondary N) is 1. The van der Waals surface area contributed by atoms with Crippen molar-refractivity contribution in [1.82, 2.24) is 0 Å². The van der Waals surface area contributed by atoms with Gasteiger partial charge in [0.2, 0.25) is 0 Å². The molecule has 0 bridgehead atoms. The molecule has 0 heterocycles. The molecule has 0 saturated heterocycles. The van der Waals surface area contributed by atoms with Crippen LogP contribution in [0.4, 0.5) is 5.69 Å². The first-order chi connectivity index (χ1) is 16.6. The van der Waals surface area contributed by atoms with Crippen LogP contribution < -0.4 is 10.1 Å². The number of para-hydroxylation sites is 1. The first-order valence-corrected chi connectivity index (χ1v) is 12.1. The standard InChI is InChI=1S/C32H31NO/c1-22(24(3)34-32-20-12-11-17-28(32)25-13-5-4-6-14-25)23(2)33-31-21-26-15-7-8-16-27(26)29-18-9-10-19-30(29)31/h4-24,33H,1-3H3/t22-,23-,24?/m1/s1. The fourth-order valence-corrected chi connectivity index (χ4v) is 4.69. The van der Waals surface area contributed by atoms with Crippen molar-refractivity contribution >= 4 is 27.2 Å². The Morgan fingerprint density at radius 3 is 2.03 bits per heavy atom. The third-order valence-electron chi connectivity index (χ3n) is 6.97. The molecule has 0 fully saturated rings. The molecule has 0 radical (unpaired) electrons. The van der Waals surface area contributed by atoms with E-state index in [4.69, 9.17) is 4.74 Å². The second kappa shape index (κ2) is 9.61. The summed E-state index contributed by atoms with van der Waals surface area (Å²) in [6.07, 6.45) is 0.0408. The molecule has 3 atom stereocenters. The molecule has 5 aromatic carbocycles. The minimum absolute atomic E-state index is 0.0408. The fourth-order valence-electron chi connectivity index (χ4n) is 4.69. The Balaban J connectivity index is 1.38. The molecule has 1 N–H and O–H groups in total. The van der Waals surface area contributed by atoms with Crippen LogP contribution in [-0.4, -0.2) is 12.1 Å². The van der Waals surface area contributed by atoms with Crippen molar-refractivity contribution in [2.75, 3.05) is 5.32 Å². The largest absolute Gasteiger partial charge is 0.490 e. The van der Waals surface area contributed by atoms with Crippen molar-refractivity contribution in [3.05, 3.63) is 109 Å². The predicted octanol–water partition coefficient (Wildman–Crippen LogP) is 8.56. The molecule has 5 rings (SSSR count). The summed E-state index contributed by atoms with van der Waals surface area (Å²) in [5, 5.41) is 8.89. The van der Waals surface area contributed by atoms with E-state index in [-0.39, 0.29) is 18.1 Å². The van der Waals surface area contributed by atoms with E-state index in [1.54, 1.807) is 0 Å². The van der Waals surface area contributed by atoms with E-state index in [9.17, 15) is 0 Å². The van der Waals surface area contributed by atoms with Crippen molar-refractivity contribution in [2.24, 2.45) is 5.92 Å². The van der Waals surface area contributed by atoms with Gasteiger partial charge in [0, 0.05) is 28.6 Å². The Morgan fingerprint density at radius 2 is 1.24 bits per heavy atom. The molecule has 2 heteroatoms. The van der Waals surface area contributed by atoms with E-state index >= 15 is 0 Å². The highest BCUT2D eigenvalue weighted by Gasteiger charge is 2.22. The Hall–Kier alpha value is -3.78. The van der Waals surface area contributed by atoms with Crippen LogP contribution in [0.2, 0.25) is 0 Å². The highest BCUT2D eigenvalue weighted by Crippen LogP contribution is 2.34. The molecule has 0 aliphatic carbocycles. The molecule has 0 aromatic heterocycles. The quantitative estimate of drug-likeness (QED) is 0.253. The van der Waals surface area contributed by atoms with Crippen molar-refractivity contribution in [3.63, 3.8) is 0 Å². The van der Waals surface area contributed by atoms with Crippen LogP contribution in [0.1, 0.15) is 20.8 Å². The number of rotatable bonds is 7. The van der Waals surface area contributed by atoms with E-state index in [0.717, 1.165) is 11.3 Å². The van der Waals surface area contributed by atoms with Crippen molar-refractivity contribution < 1.29 is 4.74 Å². The Labute approximate surface area is 202 Å². The third-order valence-corrected chi connectivity index (χ3v) is 6.97. The molecule has 0 amide bonds. The molecule has 0 aliphatic rings. The van der Waals surface area contributed by atoms with Gasteiger partial charge in [0.15, 0.2) is 0 Å². The number of benzene rings is 5. The highest BCUT2D eigenvalue weighted by molar-refractivity contribution is 6.12. The Kier molecular flexibility index (Phi) is 6.22. The summed E-state index contributed by atoms with van der Waals surface area (Å²) in [6, 6.07) is 38.5. The van der Waals surface area contributed by atoms with Gasteiger partial charge in [-0.25, -0.2) is 0 Å². The molecule has 0 saturated carbocycles. The fraction of sp³-hybridized carbons (Fsp3) is 0.188. The van der Waals surface area contributed by atoms with Gasteiger partial charge in [0.1, 0.15) is 11.9 Å². The van der Waals surface area contributed by atoms with Crippen molar-refractivity contribution in [3.8, 4) is 16.9 Å². The number of fused-ring (bicyclic) bond motifs is 3. The second-order valence-corrected chi connectivity index (χ2v) is 9.17. The van der Waals surface area contributed by atoms with Crippen LogP contribution in [0.15, 0.2) is 109 Å². The van der Waals surface area contributed by atoms with Crippen LogP contribution >= 0.6 is 0 Å². The van der Waals surface area contributed by atoms with Gasteiger partial charge < -0.3 is 10.1 Å². The zero-order chi connectivity index (χ0) is 23.5. The maximum absolute atomic E-state index is 6.54. The highest BCUT2D eigenvalue weighted by atomic mass is 16.5. The van der Waals surface area contributed by atoms with Crippen molar-refractivity contribution in [1.29, 1.82) is 0 Å². The van der Waals surface area contributed by atoms with Gasteiger partial charge in [-0.1, -0.05) is 104 Å². The summed E-state index contributed by atoms with van der Waals surface area (Å²) in [5.41, 5.74) is 3.47. The molecular weight excluding hydrogens is 414 g/mol. The molecule has 1 unspecified atom stereocenters. The summed E-state index contributed by atoms with van der Waals surface area (Å²) in [4.78, 5) is 0. The second-order valence-electron chi connectivity index (χ2n) is 9.17. The lowest BCUT2D eigenvalue weighted by Gasteiger charge is -2.29. The van der Waals surface area contributed by atoms with Crippen LogP contribution in [0, 0.1) is 5.92 Å². The molecule has 0 aliphatic heterocycles. The molecule has 34 heavy (non-hydrogen) atoms. The van der Waals surface area contributed by atoms with Gasteiger partial charge >= 0.3 is 0 Å². The molecule has 2 nitrogen and oxygen atoms in total. The Morgan fingerprint density at radius 1 is 0.618 bits per heavy atom. The minimum Gasteiger partial charge on any atom is -0.490 e. The summed E-state index contributed by atoms with van der Waals surface area (Å²) in [7, 11) is 0. The van der Waals surface area contributed by atoms with Crippen LogP contribution in [0.25, 0.3) is 32.7 Å². The lowest BCUT2D eigenvalue weighted by Crippen LogP contribution is -2.34. The SMILES string of the molecule is CC(Oc1ccccc1-c1ccccc1)[C@H](C)[C@@H](C)Nc1cc2ccccc2c2ccccc12. The Bertz CT molecular complexity index is 1410. The zero-order valence-corrected chi connectivity index (χ0v) is 20.0. The van der Waals surface area contributed by atoms with Gasteiger partial charge in [-0.3, -0.25) is 0 Å². The summed E-state index contributed by atoms with van der Waals surface area (Å²) >= 11 is 0. The van der Waals surface area contributed by atoms with E-state index in [0.29, 0.717) is 0 Å². The maximum Gasteiger partial charge on any atom is 0.127 e. The van der Waals surface area contributed by atoms with E-state index in [1.807, 2.05) is 12.1 Å². The zero-order valence-electron chi connectivity index (χ0n) is 20.0. The van der Waals surface area contributed by atoms with Gasteiger partial charge in [-0.2, -0.15) is 0 Å². The third kappa shape index (κ3) is 4.36. The van der Waals surface area contributed by atoms with Gasteiger partial charge in [0.25, 0.3) is 0 Å². The monoisotopic (exact) mass is 445 g/mol. The molecule has 0 spiro atoms. The smallest absolute Gasteiger partial charge is 0.127 e. The minimum atomic E-state index is 0.0408. The number of hydrogen-bond donors (Lipinski definition) is 1.